The lowest BCUT2D eigenvalue weighted by molar-refractivity contribution is -0.154. The maximum atomic E-state index is 11.7. The summed E-state index contributed by atoms with van der Waals surface area (Å²) in [7, 11) is 0. The van der Waals surface area contributed by atoms with Gasteiger partial charge in [0, 0.05) is 5.92 Å². The van der Waals surface area contributed by atoms with Crippen molar-refractivity contribution in [2.24, 2.45) is 0 Å². The highest BCUT2D eigenvalue weighted by molar-refractivity contribution is 5.76. The maximum Gasteiger partial charge on any atom is 0.335 e. The fourth-order valence-electron chi connectivity index (χ4n) is 2.96. The molecule has 1 aliphatic carbocycles. The van der Waals surface area contributed by atoms with Gasteiger partial charge in [-0.2, -0.15) is 0 Å². The van der Waals surface area contributed by atoms with Crippen LogP contribution in [0.2, 0.25) is 0 Å². The Bertz CT molecular complexity index is 465. The molecule has 2 atom stereocenters. The Hall–Kier alpha value is -1.35. The molecular formula is C16H22O3. The van der Waals surface area contributed by atoms with Crippen molar-refractivity contribution in [2.75, 3.05) is 6.61 Å². The van der Waals surface area contributed by atoms with E-state index >= 15 is 0 Å². The van der Waals surface area contributed by atoms with Crippen molar-refractivity contribution in [3.63, 3.8) is 0 Å². The minimum absolute atomic E-state index is 0.0987. The van der Waals surface area contributed by atoms with Crippen molar-refractivity contribution in [2.45, 2.75) is 51.0 Å². The zero-order valence-electron chi connectivity index (χ0n) is 11.8. The molecule has 0 saturated carbocycles. The van der Waals surface area contributed by atoms with Gasteiger partial charge in [0.2, 0.25) is 0 Å². The van der Waals surface area contributed by atoms with E-state index in [1.165, 1.54) is 5.56 Å². The van der Waals surface area contributed by atoms with Gasteiger partial charge in [0.15, 0.2) is 6.10 Å². The topological polar surface area (TPSA) is 46.5 Å². The molecule has 0 aliphatic heterocycles. The summed E-state index contributed by atoms with van der Waals surface area (Å²) in [5.41, 5.74) is 2.41. The number of carbonyl (C=O) groups excluding carboxylic acids is 1. The quantitative estimate of drug-likeness (QED) is 0.852. The minimum Gasteiger partial charge on any atom is -0.464 e. The summed E-state index contributed by atoms with van der Waals surface area (Å²) < 4.78 is 4.93. The Morgan fingerprint density at radius 2 is 2.16 bits per heavy atom. The molecule has 3 nitrogen and oxygen atoms in total. The number of aliphatic hydroxyl groups is 1. The summed E-state index contributed by atoms with van der Waals surface area (Å²) in [5.74, 6) is -0.662. The fourth-order valence-corrected chi connectivity index (χ4v) is 2.96. The number of fused-ring (bicyclic) bond motifs is 1. The Labute approximate surface area is 114 Å². The van der Waals surface area contributed by atoms with Gasteiger partial charge in [-0.3, -0.25) is 0 Å². The second kappa shape index (κ2) is 5.33. The molecule has 19 heavy (non-hydrogen) atoms. The highest BCUT2D eigenvalue weighted by atomic mass is 16.5. The smallest absolute Gasteiger partial charge is 0.335 e. The summed E-state index contributed by atoms with van der Waals surface area (Å²) in [6.07, 6.45) is 0.715. The number of carbonyl (C=O) groups is 1. The second-order valence-corrected chi connectivity index (χ2v) is 5.81. The molecule has 104 valence electrons. The van der Waals surface area contributed by atoms with E-state index in [2.05, 4.69) is 19.9 Å². The molecule has 0 spiro atoms. The summed E-state index contributed by atoms with van der Waals surface area (Å²) in [6, 6.07) is 8.09. The number of benzene rings is 1. The van der Waals surface area contributed by atoms with E-state index in [4.69, 9.17) is 4.74 Å². The van der Waals surface area contributed by atoms with Gasteiger partial charge in [-0.15, -0.1) is 0 Å². The van der Waals surface area contributed by atoms with Crippen LogP contribution in [0.15, 0.2) is 24.3 Å². The molecular weight excluding hydrogens is 240 g/mol. The monoisotopic (exact) mass is 262 g/mol. The van der Waals surface area contributed by atoms with Crippen LogP contribution >= 0.6 is 0 Å². The number of hydrogen-bond acceptors (Lipinski definition) is 3. The molecule has 0 amide bonds. The first kappa shape index (κ1) is 14.1. The summed E-state index contributed by atoms with van der Waals surface area (Å²) in [5, 5.41) is 10.2. The van der Waals surface area contributed by atoms with Crippen molar-refractivity contribution in [3.05, 3.63) is 35.4 Å². The summed E-state index contributed by atoms with van der Waals surface area (Å²) in [4.78, 5) is 11.7. The fraction of sp³-hybridized carbons (Fsp3) is 0.562. The van der Waals surface area contributed by atoms with Crippen LogP contribution in [0.1, 0.15) is 50.7 Å². The lowest BCUT2D eigenvalue weighted by atomic mass is 9.67. The Morgan fingerprint density at radius 1 is 1.47 bits per heavy atom. The van der Waals surface area contributed by atoms with E-state index in [0.29, 0.717) is 6.61 Å². The van der Waals surface area contributed by atoms with Crippen molar-refractivity contribution >= 4 is 5.97 Å². The molecule has 1 N–H and O–H groups in total. The first-order valence-corrected chi connectivity index (χ1v) is 6.91. The largest absolute Gasteiger partial charge is 0.464 e. The Morgan fingerprint density at radius 3 is 2.84 bits per heavy atom. The third-order valence-electron chi connectivity index (χ3n) is 4.08. The lowest BCUT2D eigenvalue weighted by Crippen LogP contribution is -2.36. The van der Waals surface area contributed by atoms with E-state index in [1.54, 1.807) is 6.92 Å². The van der Waals surface area contributed by atoms with Gasteiger partial charge < -0.3 is 9.84 Å². The van der Waals surface area contributed by atoms with Crippen LogP contribution in [0, 0.1) is 0 Å². The highest BCUT2D eigenvalue weighted by Crippen LogP contribution is 2.43. The van der Waals surface area contributed by atoms with E-state index in [1.807, 2.05) is 18.2 Å². The van der Waals surface area contributed by atoms with E-state index in [0.717, 1.165) is 18.4 Å². The van der Waals surface area contributed by atoms with Crippen LogP contribution in [0.5, 0.6) is 0 Å². The summed E-state index contributed by atoms with van der Waals surface area (Å²) >= 11 is 0. The molecule has 0 radical (unpaired) electrons. The molecule has 1 aliphatic rings. The molecule has 0 fully saturated rings. The predicted molar refractivity (Wildman–Crippen MR) is 74.1 cm³/mol. The van der Waals surface area contributed by atoms with Crippen molar-refractivity contribution in [3.8, 4) is 0 Å². The van der Waals surface area contributed by atoms with Gasteiger partial charge in [0.05, 0.1) is 6.61 Å². The maximum absolute atomic E-state index is 11.7. The van der Waals surface area contributed by atoms with Gasteiger partial charge >= 0.3 is 5.97 Å². The molecule has 1 aromatic carbocycles. The minimum atomic E-state index is -1.06. The number of hydrogen-bond donors (Lipinski definition) is 1. The number of rotatable bonds is 3. The van der Waals surface area contributed by atoms with Crippen molar-refractivity contribution in [1.29, 1.82) is 0 Å². The standard InChI is InChI=1S/C16H22O3/c1-4-19-15(18)14(17)12-9-10-16(2,3)13-8-6-5-7-11(12)13/h5-8,12,14,17H,4,9-10H2,1-3H3. The van der Waals surface area contributed by atoms with Crippen LogP contribution in [-0.2, 0) is 14.9 Å². The zero-order chi connectivity index (χ0) is 14.0. The summed E-state index contributed by atoms with van der Waals surface area (Å²) in [6.45, 7) is 6.47. The first-order valence-electron chi connectivity index (χ1n) is 6.91. The number of ether oxygens (including phenoxy) is 1. The Balaban J connectivity index is 2.32. The average molecular weight is 262 g/mol. The molecule has 0 heterocycles. The van der Waals surface area contributed by atoms with Crippen molar-refractivity contribution in [1.82, 2.24) is 0 Å². The van der Waals surface area contributed by atoms with Crippen LogP contribution < -0.4 is 0 Å². The second-order valence-electron chi connectivity index (χ2n) is 5.81. The highest BCUT2D eigenvalue weighted by Gasteiger charge is 2.38. The molecule has 2 unspecified atom stereocenters. The molecule has 1 aromatic rings. The van der Waals surface area contributed by atoms with E-state index < -0.39 is 12.1 Å². The molecule has 0 saturated heterocycles. The third-order valence-corrected chi connectivity index (χ3v) is 4.08. The van der Waals surface area contributed by atoms with Crippen LogP contribution in [0.3, 0.4) is 0 Å². The van der Waals surface area contributed by atoms with Gasteiger partial charge in [0.25, 0.3) is 0 Å². The van der Waals surface area contributed by atoms with E-state index in [9.17, 15) is 9.90 Å². The van der Waals surface area contributed by atoms with Crippen LogP contribution in [0.4, 0.5) is 0 Å². The predicted octanol–water partition coefficient (Wildman–Crippen LogP) is 2.77. The number of esters is 1. The van der Waals surface area contributed by atoms with Gasteiger partial charge in [-0.05, 0) is 36.3 Å². The van der Waals surface area contributed by atoms with E-state index in [-0.39, 0.29) is 11.3 Å². The molecule has 2 rings (SSSR count). The van der Waals surface area contributed by atoms with Gasteiger partial charge in [-0.25, -0.2) is 4.79 Å². The molecule has 0 aromatic heterocycles. The lowest BCUT2D eigenvalue weighted by Gasteiger charge is -2.38. The Kier molecular flexibility index (Phi) is 3.95. The van der Waals surface area contributed by atoms with Crippen LogP contribution in [-0.4, -0.2) is 23.8 Å². The van der Waals surface area contributed by atoms with Gasteiger partial charge in [0.1, 0.15) is 0 Å². The molecule has 0 bridgehead atoms. The number of aliphatic hydroxyl groups excluding tert-OH is 1. The third kappa shape index (κ3) is 2.66. The van der Waals surface area contributed by atoms with Crippen molar-refractivity contribution < 1.29 is 14.6 Å². The zero-order valence-corrected chi connectivity index (χ0v) is 11.8. The normalized spacial score (nSPS) is 22.4. The van der Waals surface area contributed by atoms with Crippen LogP contribution in [0.25, 0.3) is 0 Å². The SMILES string of the molecule is CCOC(=O)C(O)C1CCC(C)(C)c2ccccc21. The van der Waals surface area contributed by atoms with Gasteiger partial charge in [-0.1, -0.05) is 38.1 Å². The molecule has 3 heteroatoms. The average Bonchev–Trinajstić information content (AvgIpc) is 2.39. The first-order chi connectivity index (χ1) is 8.97.